The molecule has 0 aromatic heterocycles. The third kappa shape index (κ3) is 4.60. The molecule has 0 bridgehead atoms. The van der Waals surface area contributed by atoms with E-state index >= 15 is 0 Å². The second-order valence-electron chi connectivity index (χ2n) is 5.18. The first-order chi connectivity index (χ1) is 12.1. The summed E-state index contributed by atoms with van der Waals surface area (Å²) >= 11 is 5.75. The summed E-state index contributed by atoms with van der Waals surface area (Å²) < 4.78 is 38.2. The number of carboxylic acids is 1. The molecule has 26 heavy (non-hydrogen) atoms. The lowest BCUT2D eigenvalue weighted by atomic mass is 10.1. The Kier molecular flexibility index (Phi) is 5.66. The maximum atomic E-state index is 12.7. The molecule has 9 heteroatoms. The fraction of sp³-hybridized carbons (Fsp3) is 0.118. The van der Waals surface area contributed by atoms with Crippen LogP contribution in [0.1, 0.15) is 36.6 Å². The lowest BCUT2D eigenvalue weighted by molar-refractivity contribution is -0.137. The summed E-state index contributed by atoms with van der Waals surface area (Å²) in [6.45, 7) is -0.488. The van der Waals surface area contributed by atoms with Crippen molar-refractivity contribution in [3.05, 3.63) is 69.7 Å². The molecule has 136 valence electrons. The summed E-state index contributed by atoms with van der Waals surface area (Å²) in [4.78, 5) is 34.8. The average molecular weight is 386 g/mol. The largest absolute Gasteiger partial charge is 0.478 e. The summed E-state index contributed by atoms with van der Waals surface area (Å²) in [5.41, 5.74) is -1.31. The highest BCUT2D eigenvalue weighted by Gasteiger charge is 2.31. The third-order valence-corrected chi connectivity index (χ3v) is 3.73. The van der Waals surface area contributed by atoms with E-state index < -0.39 is 41.5 Å². The third-order valence-electron chi connectivity index (χ3n) is 3.40. The predicted octanol–water partition coefficient (Wildman–Crippen LogP) is 3.67. The van der Waals surface area contributed by atoms with Gasteiger partial charge in [0, 0.05) is 5.56 Å². The zero-order chi connectivity index (χ0) is 19.5. The molecule has 2 N–H and O–H groups in total. The number of hydrogen-bond donors (Lipinski definition) is 2. The van der Waals surface area contributed by atoms with Crippen molar-refractivity contribution in [2.24, 2.45) is 0 Å². The van der Waals surface area contributed by atoms with E-state index in [4.69, 9.17) is 16.7 Å². The van der Waals surface area contributed by atoms with Crippen molar-refractivity contribution in [2.75, 3.05) is 6.54 Å². The number of amides is 1. The van der Waals surface area contributed by atoms with Crippen LogP contribution in [0.15, 0.2) is 42.5 Å². The molecule has 0 saturated heterocycles. The van der Waals surface area contributed by atoms with Gasteiger partial charge in [0.05, 0.1) is 28.3 Å². The van der Waals surface area contributed by atoms with E-state index in [-0.39, 0.29) is 16.1 Å². The topological polar surface area (TPSA) is 83.5 Å². The SMILES string of the molecule is O=C(O)c1ccc(C(=O)CNC(=O)c2cc(C(F)(F)F)ccc2Cl)cc1. The molecule has 0 fully saturated rings. The molecule has 0 atom stereocenters. The molecule has 0 aliphatic rings. The van der Waals surface area contributed by atoms with E-state index in [2.05, 4.69) is 5.32 Å². The molecular weight excluding hydrogens is 375 g/mol. The van der Waals surface area contributed by atoms with Gasteiger partial charge in [0.15, 0.2) is 5.78 Å². The zero-order valence-corrected chi connectivity index (χ0v) is 13.7. The summed E-state index contributed by atoms with van der Waals surface area (Å²) in [6, 6.07) is 7.29. The maximum absolute atomic E-state index is 12.7. The van der Waals surface area contributed by atoms with Crippen molar-refractivity contribution < 1.29 is 32.7 Å². The van der Waals surface area contributed by atoms with Gasteiger partial charge in [-0.1, -0.05) is 23.7 Å². The molecule has 2 rings (SSSR count). The van der Waals surface area contributed by atoms with Crippen LogP contribution in [0, 0.1) is 0 Å². The Balaban J connectivity index is 2.08. The van der Waals surface area contributed by atoms with Crippen molar-refractivity contribution in [3.8, 4) is 0 Å². The van der Waals surface area contributed by atoms with Crippen LogP contribution in [0.3, 0.4) is 0 Å². The first-order valence-corrected chi connectivity index (χ1v) is 7.49. The minimum Gasteiger partial charge on any atom is -0.478 e. The van der Waals surface area contributed by atoms with Crippen molar-refractivity contribution in [2.45, 2.75) is 6.18 Å². The zero-order valence-electron chi connectivity index (χ0n) is 12.9. The first kappa shape index (κ1) is 19.5. The molecule has 0 aliphatic carbocycles. The van der Waals surface area contributed by atoms with Gasteiger partial charge in [0.1, 0.15) is 0 Å². The number of hydrogen-bond acceptors (Lipinski definition) is 3. The fourth-order valence-corrected chi connectivity index (χ4v) is 2.24. The number of alkyl halides is 3. The molecule has 0 unspecified atom stereocenters. The minimum absolute atomic E-state index is 0.0127. The predicted molar refractivity (Wildman–Crippen MR) is 86.5 cm³/mol. The van der Waals surface area contributed by atoms with Crippen LogP contribution in [0.4, 0.5) is 13.2 Å². The summed E-state index contributed by atoms with van der Waals surface area (Å²) in [7, 11) is 0. The number of carbonyl (C=O) groups excluding carboxylic acids is 2. The smallest absolute Gasteiger partial charge is 0.416 e. The monoisotopic (exact) mass is 385 g/mol. The van der Waals surface area contributed by atoms with E-state index in [1.54, 1.807) is 0 Å². The normalized spacial score (nSPS) is 11.1. The lowest BCUT2D eigenvalue weighted by Gasteiger charge is -2.10. The molecule has 0 saturated carbocycles. The highest BCUT2D eigenvalue weighted by molar-refractivity contribution is 6.33. The number of Topliss-reactive ketones (excluding diaryl/α,β-unsaturated/α-hetero) is 1. The van der Waals surface area contributed by atoms with Crippen molar-refractivity contribution in [1.82, 2.24) is 5.32 Å². The highest BCUT2D eigenvalue weighted by Crippen LogP contribution is 2.31. The maximum Gasteiger partial charge on any atom is 0.416 e. The molecule has 2 aromatic carbocycles. The summed E-state index contributed by atoms with van der Waals surface area (Å²) in [5, 5.41) is 10.8. The molecule has 0 radical (unpaired) electrons. The van der Waals surface area contributed by atoms with Crippen LogP contribution in [0.25, 0.3) is 0 Å². The van der Waals surface area contributed by atoms with Gasteiger partial charge in [0.25, 0.3) is 5.91 Å². The Morgan fingerprint density at radius 1 is 1.00 bits per heavy atom. The number of nitrogens with one attached hydrogen (secondary N) is 1. The lowest BCUT2D eigenvalue weighted by Crippen LogP contribution is -2.30. The fourth-order valence-electron chi connectivity index (χ4n) is 2.03. The standard InChI is InChI=1S/C17H11ClF3NO4/c18-13-6-5-11(17(19,20)21)7-12(13)15(24)22-8-14(23)9-1-3-10(4-2-9)16(25)26/h1-7H,8H2,(H,22,24)(H,25,26). The molecule has 0 aliphatic heterocycles. The molecular formula is C17H11ClF3NO4. The van der Waals surface area contributed by atoms with Crippen molar-refractivity contribution in [3.63, 3.8) is 0 Å². The summed E-state index contributed by atoms with van der Waals surface area (Å²) in [5.74, 6) is -2.63. The van der Waals surface area contributed by atoms with Crippen molar-refractivity contribution >= 4 is 29.3 Å². The molecule has 5 nitrogen and oxygen atoms in total. The number of rotatable bonds is 5. The highest BCUT2D eigenvalue weighted by atomic mass is 35.5. The van der Waals surface area contributed by atoms with Crippen LogP contribution < -0.4 is 5.32 Å². The Hall–Kier alpha value is -2.87. The number of aromatic carboxylic acids is 1. The number of carboxylic acid groups (broad SMARTS) is 1. The molecule has 2 aromatic rings. The number of carbonyl (C=O) groups is 3. The van der Waals surface area contributed by atoms with Crippen LogP contribution in [-0.4, -0.2) is 29.3 Å². The Bertz CT molecular complexity index is 863. The molecule has 0 heterocycles. The minimum atomic E-state index is -4.64. The Morgan fingerprint density at radius 3 is 2.12 bits per heavy atom. The van der Waals surface area contributed by atoms with Gasteiger partial charge >= 0.3 is 12.1 Å². The van der Waals surface area contributed by atoms with Gasteiger partial charge in [-0.05, 0) is 30.3 Å². The van der Waals surface area contributed by atoms with Crippen LogP contribution in [0.5, 0.6) is 0 Å². The van der Waals surface area contributed by atoms with Crippen LogP contribution in [-0.2, 0) is 6.18 Å². The Morgan fingerprint density at radius 2 is 1.58 bits per heavy atom. The number of benzene rings is 2. The Labute approximate surface area is 150 Å². The molecule has 0 spiro atoms. The van der Waals surface area contributed by atoms with Gasteiger partial charge in [0.2, 0.25) is 0 Å². The van der Waals surface area contributed by atoms with Gasteiger partial charge in [-0.3, -0.25) is 9.59 Å². The van der Waals surface area contributed by atoms with E-state index in [0.29, 0.717) is 6.07 Å². The van der Waals surface area contributed by atoms with E-state index in [9.17, 15) is 27.6 Å². The first-order valence-electron chi connectivity index (χ1n) is 7.11. The van der Waals surface area contributed by atoms with Gasteiger partial charge in [-0.2, -0.15) is 13.2 Å². The quantitative estimate of drug-likeness (QED) is 0.769. The number of halogens is 4. The van der Waals surface area contributed by atoms with E-state index in [1.165, 1.54) is 24.3 Å². The summed E-state index contributed by atoms with van der Waals surface area (Å²) in [6.07, 6.45) is -4.64. The van der Waals surface area contributed by atoms with Crippen molar-refractivity contribution in [1.29, 1.82) is 0 Å². The van der Waals surface area contributed by atoms with Gasteiger partial charge in [-0.15, -0.1) is 0 Å². The average Bonchev–Trinajstić information content (AvgIpc) is 2.58. The van der Waals surface area contributed by atoms with Crippen LogP contribution in [0.2, 0.25) is 5.02 Å². The molecule has 1 amide bonds. The second kappa shape index (κ2) is 7.57. The van der Waals surface area contributed by atoms with Gasteiger partial charge in [-0.25, -0.2) is 4.79 Å². The number of ketones is 1. The van der Waals surface area contributed by atoms with Gasteiger partial charge < -0.3 is 10.4 Å². The second-order valence-corrected chi connectivity index (χ2v) is 5.59. The van der Waals surface area contributed by atoms with Crippen LogP contribution >= 0.6 is 11.6 Å². The van der Waals surface area contributed by atoms with E-state index in [1.807, 2.05) is 0 Å². The van der Waals surface area contributed by atoms with E-state index in [0.717, 1.165) is 12.1 Å².